The van der Waals surface area contributed by atoms with Gasteiger partial charge in [0.25, 0.3) is 0 Å². The summed E-state index contributed by atoms with van der Waals surface area (Å²) in [5.74, 6) is 0.0905. The predicted molar refractivity (Wildman–Crippen MR) is 111 cm³/mol. The van der Waals surface area contributed by atoms with Gasteiger partial charge >= 0.3 is 0 Å². The van der Waals surface area contributed by atoms with E-state index in [0.717, 1.165) is 34.0 Å². The quantitative estimate of drug-likeness (QED) is 0.717. The van der Waals surface area contributed by atoms with Crippen LogP contribution in [0.3, 0.4) is 0 Å². The van der Waals surface area contributed by atoms with Crippen LogP contribution in [0.25, 0.3) is 10.8 Å². The number of benzene rings is 3. The van der Waals surface area contributed by atoms with Crippen molar-refractivity contribution < 1.29 is 13.2 Å². The number of nitrogens with one attached hydrogen (secondary N) is 1. The van der Waals surface area contributed by atoms with Crippen molar-refractivity contribution in [3.63, 3.8) is 0 Å². The third-order valence-electron chi connectivity index (χ3n) is 5.18. The highest BCUT2D eigenvalue weighted by atomic mass is 32.2. The Labute approximate surface area is 165 Å². The fourth-order valence-corrected chi connectivity index (χ4v) is 4.79. The maximum absolute atomic E-state index is 12.8. The molecule has 5 nitrogen and oxygen atoms in total. The van der Waals surface area contributed by atoms with E-state index in [-0.39, 0.29) is 17.3 Å². The van der Waals surface area contributed by atoms with Crippen LogP contribution >= 0.6 is 0 Å². The maximum Gasteiger partial charge on any atom is 0.240 e. The summed E-state index contributed by atoms with van der Waals surface area (Å²) in [4.78, 5) is 13.9. The Bertz CT molecular complexity index is 1150. The molecule has 3 aromatic rings. The Kier molecular flexibility index (Phi) is 4.91. The van der Waals surface area contributed by atoms with Crippen LogP contribution < -0.4 is 9.62 Å². The van der Waals surface area contributed by atoms with Gasteiger partial charge in [0.1, 0.15) is 0 Å². The molecule has 1 amide bonds. The summed E-state index contributed by atoms with van der Waals surface area (Å²) in [5.41, 5.74) is 2.50. The molecule has 28 heavy (non-hydrogen) atoms. The first kappa shape index (κ1) is 18.7. The maximum atomic E-state index is 12.8. The SMILES string of the molecule is Cc1cc(S(=O)(=O)NCc2cccc3ccccc23)ccc1N1CCCC1=O. The van der Waals surface area contributed by atoms with Crippen LogP contribution in [-0.4, -0.2) is 20.9 Å². The van der Waals surface area contributed by atoms with Gasteiger partial charge in [-0.15, -0.1) is 0 Å². The minimum atomic E-state index is -3.66. The lowest BCUT2D eigenvalue weighted by Gasteiger charge is -2.19. The number of aryl methyl sites for hydroxylation is 1. The van der Waals surface area contributed by atoms with E-state index in [2.05, 4.69) is 4.72 Å². The second-order valence-corrected chi connectivity index (χ2v) is 8.83. The Morgan fingerprint density at radius 3 is 2.57 bits per heavy atom. The van der Waals surface area contributed by atoms with Crippen LogP contribution in [0, 0.1) is 6.92 Å². The van der Waals surface area contributed by atoms with Gasteiger partial charge in [0.05, 0.1) is 4.90 Å². The number of carbonyl (C=O) groups excluding carboxylic acids is 1. The van der Waals surface area contributed by atoms with Crippen molar-refractivity contribution in [1.29, 1.82) is 0 Å². The van der Waals surface area contributed by atoms with Crippen LogP contribution in [0.2, 0.25) is 0 Å². The summed E-state index contributed by atoms with van der Waals surface area (Å²) in [6.45, 7) is 2.74. The zero-order valence-corrected chi connectivity index (χ0v) is 16.5. The highest BCUT2D eigenvalue weighted by Crippen LogP contribution is 2.27. The molecule has 4 rings (SSSR count). The number of nitrogens with zero attached hydrogens (tertiary/aromatic N) is 1. The van der Waals surface area contributed by atoms with Gasteiger partial charge in [-0.3, -0.25) is 4.79 Å². The molecule has 3 aromatic carbocycles. The van der Waals surface area contributed by atoms with Crippen LogP contribution in [0.1, 0.15) is 24.0 Å². The molecule has 1 fully saturated rings. The van der Waals surface area contributed by atoms with Gasteiger partial charge in [0, 0.05) is 25.2 Å². The third kappa shape index (κ3) is 3.53. The molecular weight excluding hydrogens is 372 g/mol. The molecule has 0 radical (unpaired) electrons. The number of rotatable bonds is 5. The van der Waals surface area contributed by atoms with Crippen molar-refractivity contribution in [1.82, 2.24) is 4.72 Å². The number of amides is 1. The van der Waals surface area contributed by atoms with E-state index in [0.29, 0.717) is 13.0 Å². The molecule has 1 aliphatic rings. The van der Waals surface area contributed by atoms with Crippen molar-refractivity contribution >= 4 is 32.4 Å². The van der Waals surface area contributed by atoms with Crippen molar-refractivity contribution in [3.8, 4) is 0 Å². The topological polar surface area (TPSA) is 66.5 Å². The second-order valence-electron chi connectivity index (χ2n) is 7.06. The van der Waals surface area contributed by atoms with Crippen molar-refractivity contribution in [2.75, 3.05) is 11.4 Å². The average Bonchev–Trinajstić information content (AvgIpc) is 3.12. The summed E-state index contributed by atoms with van der Waals surface area (Å²) in [5, 5.41) is 2.11. The number of anilines is 1. The fraction of sp³-hybridized carbons (Fsp3) is 0.227. The molecule has 0 unspecified atom stereocenters. The molecule has 0 atom stereocenters. The van der Waals surface area contributed by atoms with Crippen LogP contribution in [0.5, 0.6) is 0 Å². The van der Waals surface area contributed by atoms with Gasteiger partial charge in [-0.05, 0) is 53.4 Å². The highest BCUT2D eigenvalue weighted by Gasteiger charge is 2.24. The minimum Gasteiger partial charge on any atom is -0.312 e. The van der Waals surface area contributed by atoms with E-state index in [9.17, 15) is 13.2 Å². The zero-order valence-electron chi connectivity index (χ0n) is 15.7. The fourth-order valence-electron chi connectivity index (χ4n) is 3.70. The molecule has 6 heteroatoms. The lowest BCUT2D eigenvalue weighted by molar-refractivity contribution is -0.117. The van der Waals surface area contributed by atoms with Crippen molar-refractivity contribution in [3.05, 3.63) is 71.8 Å². The minimum absolute atomic E-state index is 0.0905. The molecule has 0 bridgehead atoms. The van der Waals surface area contributed by atoms with Crippen LogP contribution in [0.4, 0.5) is 5.69 Å². The first-order chi connectivity index (χ1) is 13.5. The van der Waals surface area contributed by atoms with Crippen LogP contribution in [-0.2, 0) is 21.4 Å². The van der Waals surface area contributed by atoms with Gasteiger partial charge in [0.15, 0.2) is 0 Å². The molecule has 0 aliphatic carbocycles. The summed E-state index contributed by atoms with van der Waals surface area (Å²) in [6.07, 6.45) is 1.39. The third-order valence-corrected chi connectivity index (χ3v) is 6.57. The van der Waals surface area contributed by atoms with E-state index in [1.165, 1.54) is 0 Å². The Morgan fingerprint density at radius 1 is 1.04 bits per heavy atom. The molecule has 144 valence electrons. The van der Waals surface area contributed by atoms with E-state index >= 15 is 0 Å². The molecule has 0 saturated carbocycles. The molecule has 1 N–H and O–H groups in total. The van der Waals surface area contributed by atoms with Gasteiger partial charge < -0.3 is 4.90 Å². The number of hydrogen-bond acceptors (Lipinski definition) is 3. The van der Waals surface area contributed by atoms with Gasteiger partial charge in [-0.2, -0.15) is 0 Å². The number of carbonyl (C=O) groups is 1. The Morgan fingerprint density at radius 2 is 1.82 bits per heavy atom. The second kappa shape index (κ2) is 7.37. The van der Waals surface area contributed by atoms with Crippen molar-refractivity contribution in [2.45, 2.75) is 31.2 Å². The number of fused-ring (bicyclic) bond motifs is 1. The lowest BCUT2D eigenvalue weighted by atomic mass is 10.1. The molecule has 0 aromatic heterocycles. The molecular formula is C22H22N2O3S. The number of hydrogen-bond donors (Lipinski definition) is 1. The summed E-state index contributed by atoms with van der Waals surface area (Å²) < 4.78 is 28.3. The summed E-state index contributed by atoms with van der Waals surface area (Å²) in [6, 6.07) is 18.7. The molecule has 1 saturated heterocycles. The monoisotopic (exact) mass is 394 g/mol. The summed E-state index contributed by atoms with van der Waals surface area (Å²) >= 11 is 0. The lowest BCUT2D eigenvalue weighted by Crippen LogP contribution is -2.26. The predicted octanol–water partition coefficient (Wildman–Crippen LogP) is 3.75. The van der Waals surface area contributed by atoms with Crippen molar-refractivity contribution in [2.24, 2.45) is 0 Å². The van der Waals surface area contributed by atoms with Crippen LogP contribution in [0.15, 0.2) is 65.6 Å². The van der Waals surface area contributed by atoms with E-state index in [1.807, 2.05) is 49.4 Å². The Hall–Kier alpha value is -2.70. The van der Waals surface area contributed by atoms with Gasteiger partial charge in [-0.1, -0.05) is 42.5 Å². The largest absolute Gasteiger partial charge is 0.312 e. The summed E-state index contributed by atoms with van der Waals surface area (Å²) in [7, 11) is -3.66. The highest BCUT2D eigenvalue weighted by molar-refractivity contribution is 7.89. The van der Waals surface area contributed by atoms with E-state index in [1.54, 1.807) is 23.1 Å². The van der Waals surface area contributed by atoms with E-state index in [4.69, 9.17) is 0 Å². The normalized spacial score (nSPS) is 14.8. The van der Waals surface area contributed by atoms with Gasteiger partial charge in [-0.25, -0.2) is 13.1 Å². The van der Waals surface area contributed by atoms with Gasteiger partial charge in [0.2, 0.25) is 15.9 Å². The average molecular weight is 394 g/mol. The molecule has 0 spiro atoms. The molecule has 1 aliphatic heterocycles. The van der Waals surface area contributed by atoms with E-state index < -0.39 is 10.0 Å². The standard InChI is InChI=1S/C22H22N2O3S/c1-16-14-19(11-12-21(16)24-13-5-10-22(24)25)28(26,27)23-15-18-8-4-7-17-6-2-3-9-20(17)18/h2-4,6-9,11-12,14,23H,5,10,13,15H2,1H3. The number of sulfonamides is 1. The zero-order chi connectivity index (χ0) is 19.7. The Balaban J connectivity index is 1.56. The molecule has 1 heterocycles. The first-order valence-corrected chi connectivity index (χ1v) is 10.8. The first-order valence-electron chi connectivity index (χ1n) is 9.33. The smallest absolute Gasteiger partial charge is 0.240 e.